The lowest BCUT2D eigenvalue weighted by Gasteiger charge is -2.11. The summed E-state index contributed by atoms with van der Waals surface area (Å²) in [7, 11) is 0. The Labute approximate surface area is 92.3 Å². The molecule has 1 atom stereocenters. The molecular weight excluding hydrogens is 214 g/mol. The Balaban J connectivity index is 2.69. The van der Waals surface area contributed by atoms with Crippen LogP contribution in [0.2, 0.25) is 0 Å². The summed E-state index contributed by atoms with van der Waals surface area (Å²) in [4.78, 5) is 18.5. The Bertz CT molecular complexity index is 346. The van der Waals surface area contributed by atoms with Crippen LogP contribution in [0.25, 0.3) is 0 Å². The molecule has 0 saturated heterocycles. The third-order valence-electron chi connectivity index (χ3n) is 1.67. The van der Waals surface area contributed by atoms with Gasteiger partial charge in [-0.05, 0) is 19.2 Å². The maximum atomic E-state index is 10.6. The topological polar surface area (TPSA) is 75.1 Å². The largest absolute Gasteiger partial charge is 0.477 e. The first kappa shape index (κ1) is 11.8. The van der Waals surface area contributed by atoms with E-state index in [1.54, 1.807) is 11.8 Å². The zero-order valence-electron chi connectivity index (χ0n) is 8.60. The van der Waals surface area contributed by atoms with Crippen molar-refractivity contribution in [3.05, 3.63) is 18.0 Å². The Kier molecular flexibility index (Phi) is 4.36. The Morgan fingerprint density at radius 3 is 3.07 bits per heavy atom. The first-order chi connectivity index (χ1) is 7.13. The van der Waals surface area contributed by atoms with E-state index in [1.165, 1.54) is 12.3 Å². The van der Waals surface area contributed by atoms with E-state index in [2.05, 4.69) is 15.3 Å². The highest BCUT2D eigenvalue weighted by Crippen LogP contribution is 2.05. The lowest BCUT2D eigenvalue weighted by molar-refractivity contribution is 0.0690. The number of carboxylic acid groups (broad SMARTS) is 1. The highest BCUT2D eigenvalue weighted by molar-refractivity contribution is 7.98. The van der Waals surface area contributed by atoms with E-state index in [9.17, 15) is 4.79 Å². The monoisotopic (exact) mass is 227 g/mol. The van der Waals surface area contributed by atoms with Crippen molar-refractivity contribution in [3.63, 3.8) is 0 Å². The van der Waals surface area contributed by atoms with Crippen molar-refractivity contribution in [1.82, 2.24) is 9.97 Å². The number of anilines is 1. The highest BCUT2D eigenvalue weighted by Gasteiger charge is 2.07. The molecule has 0 radical (unpaired) electrons. The highest BCUT2D eigenvalue weighted by atomic mass is 32.2. The summed E-state index contributed by atoms with van der Waals surface area (Å²) in [5.74, 6) is 0.232. The van der Waals surface area contributed by atoms with Crippen molar-refractivity contribution in [3.8, 4) is 0 Å². The van der Waals surface area contributed by atoms with Gasteiger partial charge in [0.25, 0.3) is 0 Å². The fourth-order valence-electron chi connectivity index (χ4n) is 1.06. The third-order valence-corrected chi connectivity index (χ3v) is 2.50. The van der Waals surface area contributed by atoms with Crippen LogP contribution in [0.5, 0.6) is 0 Å². The van der Waals surface area contributed by atoms with Crippen LogP contribution in [0.3, 0.4) is 0 Å². The predicted octanol–water partition coefficient (Wildman–Crippen LogP) is 1.34. The molecule has 0 saturated carbocycles. The molecule has 1 aromatic heterocycles. The lowest BCUT2D eigenvalue weighted by atomic mass is 10.4. The van der Waals surface area contributed by atoms with E-state index in [4.69, 9.17) is 5.11 Å². The number of aromatic nitrogens is 2. The number of hydrogen-bond acceptors (Lipinski definition) is 5. The van der Waals surface area contributed by atoms with E-state index < -0.39 is 5.97 Å². The molecule has 0 bridgehead atoms. The minimum atomic E-state index is -1.04. The molecule has 0 fully saturated rings. The summed E-state index contributed by atoms with van der Waals surface area (Å²) in [5.41, 5.74) is 0.00357. The molecule has 0 amide bonds. The number of carbonyl (C=O) groups is 1. The van der Waals surface area contributed by atoms with Gasteiger partial charge in [0, 0.05) is 18.0 Å². The smallest absolute Gasteiger partial charge is 0.354 e. The molecule has 2 N–H and O–H groups in total. The fourth-order valence-corrected chi connectivity index (χ4v) is 1.64. The predicted molar refractivity (Wildman–Crippen MR) is 60.5 cm³/mol. The Morgan fingerprint density at radius 1 is 1.73 bits per heavy atom. The quantitative estimate of drug-likeness (QED) is 0.790. The summed E-state index contributed by atoms with van der Waals surface area (Å²) in [6, 6.07) is 1.58. The summed E-state index contributed by atoms with van der Waals surface area (Å²) in [6.07, 6.45) is 3.44. The van der Waals surface area contributed by atoms with Crippen molar-refractivity contribution in [2.24, 2.45) is 0 Å². The number of nitrogens with zero attached hydrogens (tertiary/aromatic N) is 2. The molecule has 82 valence electrons. The number of aromatic carboxylic acids is 1. The average molecular weight is 227 g/mol. The van der Waals surface area contributed by atoms with E-state index in [0.717, 1.165) is 5.75 Å². The molecule has 0 aliphatic carbocycles. The van der Waals surface area contributed by atoms with Gasteiger partial charge in [-0.2, -0.15) is 11.8 Å². The van der Waals surface area contributed by atoms with Gasteiger partial charge in [0.2, 0.25) is 5.95 Å². The van der Waals surface area contributed by atoms with Gasteiger partial charge >= 0.3 is 5.97 Å². The van der Waals surface area contributed by atoms with Gasteiger partial charge in [-0.3, -0.25) is 0 Å². The SMILES string of the molecule is CSCC(C)Nc1nccc(C(=O)O)n1. The van der Waals surface area contributed by atoms with Gasteiger partial charge < -0.3 is 10.4 Å². The van der Waals surface area contributed by atoms with Crippen LogP contribution in [-0.4, -0.2) is 39.1 Å². The minimum Gasteiger partial charge on any atom is -0.477 e. The summed E-state index contributed by atoms with van der Waals surface area (Å²) < 4.78 is 0. The van der Waals surface area contributed by atoms with Crippen LogP contribution in [0.4, 0.5) is 5.95 Å². The van der Waals surface area contributed by atoms with Crippen LogP contribution < -0.4 is 5.32 Å². The number of carboxylic acids is 1. The second-order valence-electron chi connectivity index (χ2n) is 3.07. The van der Waals surface area contributed by atoms with Crippen LogP contribution in [0.1, 0.15) is 17.4 Å². The van der Waals surface area contributed by atoms with E-state index >= 15 is 0 Å². The number of hydrogen-bond donors (Lipinski definition) is 2. The van der Waals surface area contributed by atoms with Crippen molar-refractivity contribution in [2.75, 3.05) is 17.3 Å². The fraction of sp³-hybridized carbons (Fsp3) is 0.444. The zero-order chi connectivity index (χ0) is 11.3. The maximum absolute atomic E-state index is 10.6. The molecule has 0 aliphatic rings. The standard InChI is InChI=1S/C9H13N3O2S/c1-6(5-15-2)11-9-10-4-3-7(12-9)8(13)14/h3-4,6H,5H2,1-2H3,(H,13,14)(H,10,11,12). The summed E-state index contributed by atoms with van der Waals surface area (Å²) in [6.45, 7) is 1.99. The number of nitrogens with one attached hydrogen (secondary N) is 1. The van der Waals surface area contributed by atoms with Gasteiger partial charge in [0.05, 0.1) is 0 Å². The molecular formula is C9H13N3O2S. The maximum Gasteiger partial charge on any atom is 0.354 e. The number of rotatable bonds is 5. The van der Waals surface area contributed by atoms with Gasteiger partial charge in [0.15, 0.2) is 5.69 Å². The summed E-state index contributed by atoms with van der Waals surface area (Å²) >= 11 is 1.71. The Hall–Kier alpha value is -1.30. The molecule has 1 heterocycles. The Morgan fingerprint density at radius 2 is 2.47 bits per heavy atom. The van der Waals surface area contributed by atoms with Gasteiger partial charge in [-0.25, -0.2) is 14.8 Å². The first-order valence-corrected chi connectivity index (χ1v) is 5.84. The first-order valence-electron chi connectivity index (χ1n) is 4.45. The van der Waals surface area contributed by atoms with Crippen LogP contribution in [-0.2, 0) is 0 Å². The molecule has 1 unspecified atom stereocenters. The van der Waals surface area contributed by atoms with Gasteiger partial charge in [-0.1, -0.05) is 0 Å². The second-order valence-corrected chi connectivity index (χ2v) is 3.98. The van der Waals surface area contributed by atoms with Crippen LogP contribution >= 0.6 is 11.8 Å². The molecule has 0 spiro atoms. The van der Waals surface area contributed by atoms with Crippen LogP contribution in [0.15, 0.2) is 12.3 Å². The van der Waals surface area contributed by atoms with Crippen molar-refractivity contribution in [2.45, 2.75) is 13.0 Å². The zero-order valence-corrected chi connectivity index (χ0v) is 9.41. The normalized spacial score (nSPS) is 12.1. The molecule has 1 aromatic rings. The van der Waals surface area contributed by atoms with E-state index in [1.807, 2.05) is 13.2 Å². The molecule has 0 aliphatic heterocycles. The van der Waals surface area contributed by atoms with Crippen molar-refractivity contribution < 1.29 is 9.90 Å². The molecule has 0 aromatic carbocycles. The summed E-state index contributed by atoms with van der Waals surface area (Å²) in [5, 5.41) is 11.8. The van der Waals surface area contributed by atoms with E-state index in [-0.39, 0.29) is 11.7 Å². The molecule has 1 rings (SSSR count). The van der Waals surface area contributed by atoms with Crippen molar-refractivity contribution in [1.29, 1.82) is 0 Å². The van der Waals surface area contributed by atoms with Crippen LogP contribution in [0, 0.1) is 0 Å². The lowest BCUT2D eigenvalue weighted by Crippen LogP contribution is -2.20. The van der Waals surface area contributed by atoms with Crippen molar-refractivity contribution >= 4 is 23.7 Å². The molecule has 15 heavy (non-hydrogen) atoms. The third kappa shape index (κ3) is 3.75. The van der Waals surface area contributed by atoms with Gasteiger partial charge in [-0.15, -0.1) is 0 Å². The van der Waals surface area contributed by atoms with E-state index in [0.29, 0.717) is 5.95 Å². The van der Waals surface area contributed by atoms with Gasteiger partial charge in [0.1, 0.15) is 0 Å². The molecule has 6 heteroatoms. The average Bonchev–Trinajstić information content (AvgIpc) is 2.18. The number of thioether (sulfide) groups is 1. The second kappa shape index (κ2) is 5.55. The minimum absolute atomic E-state index is 0.00357. The molecule has 5 nitrogen and oxygen atoms in total.